The molecule has 40 heavy (non-hydrogen) atoms. The Morgan fingerprint density at radius 3 is 2.25 bits per heavy atom. The fraction of sp³-hybridized carbons (Fsp3) is 0.258. The topological polar surface area (TPSA) is 94.8 Å². The number of aryl methyl sites for hydroxylation is 2. The van der Waals surface area contributed by atoms with E-state index in [1.54, 1.807) is 6.92 Å². The summed E-state index contributed by atoms with van der Waals surface area (Å²) < 4.78 is 16.9. The van der Waals surface area contributed by atoms with Crippen molar-refractivity contribution in [3.05, 3.63) is 111 Å². The summed E-state index contributed by atoms with van der Waals surface area (Å²) in [6, 6.07) is 20.9. The van der Waals surface area contributed by atoms with E-state index < -0.39 is 23.7 Å². The third kappa shape index (κ3) is 7.61. The normalized spacial score (nSPS) is 12.5. The molecule has 9 heteroatoms. The van der Waals surface area contributed by atoms with Gasteiger partial charge in [-0.2, -0.15) is 0 Å². The molecule has 1 aromatic heterocycles. The average molecular weight is 671 g/mol. The van der Waals surface area contributed by atoms with Crippen molar-refractivity contribution < 1.29 is 23.5 Å². The van der Waals surface area contributed by atoms with Gasteiger partial charge in [0.15, 0.2) is 0 Å². The maximum Gasteiger partial charge on any atom is 0.408 e. The number of hydrogen-bond donors (Lipinski definition) is 1. The fourth-order valence-corrected chi connectivity index (χ4v) is 4.95. The molecule has 0 aliphatic rings. The second-order valence-corrected chi connectivity index (χ2v) is 11.4. The Labute approximate surface area is 249 Å². The SMILES string of the molecule is Cc1cc(=O)oc2c(C)c(OC(=O)[C@H](Cc3ccccc3)NC(=O)OCc3ccccc3)c(C[C@@H](Br)CBr)cc12. The molecule has 0 unspecified atom stereocenters. The van der Waals surface area contributed by atoms with Crippen LogP contribution in [0.4, 0.5) is 4.79 Å². The van der Waals surface area contributed by atoms with Crippen LogP contribution in [0.2, 0.25) is 0 Å². The molecule has 0 aliphatic carbocycles. The predicted molar refractivity (Wildman–Crippen MR) is 162 cm³/mol. The zero-order valence-corrected chi connectivity index (χ0v) is 25.3. The van der Waals surface area contributed by atoms with Crippen LogP contribution in [-0.4, -0.2) is 28.3 Å². The Morgan fingerprint density at radius 2 is 1.60 bits per heavy atom. The highest BCUT2D eigenvalue weighted by molar-refractivity contribution is 9.12. The quantitative estimate of drug-likeness (QED) is 0.0890. The lowest BCUT2D eigenvalue weighted by Gasteiger charge is -2.21. The number of alkyl carbamates (subject to hydrolysis) is 1. The zero-order valence-electron chi connectivity index (χ0n) is 22.1. The molecule has 0 aliphatic heterocycles. The highest BCUT2D eigenvalue weighted by atomic mass is 79.9. The van der Waals surface area contributed by atoms with Gasteiger partial charge in [0.2, 0.25) is 0 Å². The molecule has 0 spiro atoms. The third-order valence-electron chi connectivity index (χ3n) is 6.38. The summed E-state index contributed by atoms with van der Waals surface area (Å²) >= 11 is 7.12. The first-order valence-electron chi connectivity index (χ1n) is 12.7. The molecule has 0 fully saturated rings. The minimum atomic E-state index is -1.03. The monoisotopic (exact) mass is 669 g/mol. The van der Waals surface area contributed by atoms with E-state index in [2.05, 4.69) is 37.2 Å². The van der Waals surface area contributed by atoms with Crippen LogP contribution in [-0.2, 0) is 29.0 Å². The molecule has 2 atom stereocenters. The van der Waals surface area contributed by atoms with Gasteiger partial charge in [0, 0.05) is 33.6 Å². The molecule has 0 bridgehead atoms. The molecule has 1 heterocycles. The fourth-order valence-electron chi connectivity index (χ4n) is 4.37. The lowest BCUT2D eigenvalue weighted by Crippen LogP contribution is -2.44. The summed E-state index contributed by atoms with van der Waals surface area (Å²) in [5.74, 6) is -0.363. The molecule has 7 nitrogen and oxygen atoms in total. The van der Waals surface area contributed by atoms with Crippen LogP contribution in [0.25, 0.3) is 11.0 Å². The van der Waals surface area contributed by atoms with Gasteiger partial charge in [-0.3, -0.25) is 0 Å². The maximum atomic E-state index is 13.7. The van der Waals surface area contributed by atoms with Crippen LogP contribution in [0.5, 0.6) is 5.75 Å². The van der Waals surface area contributed by atoms with Crippen molar-refractivity contribution in [2.75, 3.05) is 5.33 Å². The predicted octanol–water partition coefficient (Wildman–Crippen LogP) is 6.55. The van der Waals surface area contributed by atoms with Crippen LogP contribution in [0.3, 0.4) is 0 Å². The Balaban J connectivity index is 1.64. The summed E-state index contributed by atoms with van der Waals surface area (Å²) in [6.07, 6.45) is -0.00342. The molecule has 4 aromatic rings. The van der Waals surface area contributed by atoms with Gasteiger partial charge in [0.05, 0.1) is 0 Å². The van der Waals surface area contributed by atoms with Crippen LogP contribution in [0.15, 0.2) is 82.0 Å². The molecule has 3 aromatic carbocycles. The number of hydrogen-bond acceptors (Lipinski definition) is 6. The molecule has 1 N–H and O–H groups in total. The second kappa shape index (κ2) is 13.8. The van der Waals surface area contributed by atoms with Crippen molar-refractivity contribution in [2.45, 2.75) is 44.2 Å². The van der Waals surface area contributed by atoms with Gasteiger partial charge in [-0.1, -0.05) is 92.5 Å². The number of carbonyl (C=O) groups is 2. The Hall–Kier alpha value is -3.43. The standard InChI is InChI=1S/C31H29Br2NO6/c1-19-13-27(35)39-29-20(2)28(23(16-25(19)29)15-24(33)17-32)40-30(36)26(14-21-9-5-3-6-10-21)34-31(37)38-18-22-11-7-4-8-12-22/h3-13,16,24,26H,14-15,17-18H2,1-2H3,(H,34,37)/t24-,26+/m1/s1. The summed E-state index contributed by atoms with van der Waals surface area (Å²) in [7, 11) is 0. The van der Waals surface area contributed by atoms with E-state index in [-0.39, 0.29) is 17.9 Å². The van der Waals surface area contributed by atoms with Crippen LogP contribution < -0.4 is 15.7 Å². The molecule has 0 saturated heterocycles. The Morgan fingerprint density at radius 1 is 0.950 bits per heavy atom. The van der Waals surface area contributed by atoms with Crippen molar-refractivity contribution >= 4 is 54.9 Å². The van der Waals surface area contributed by atoms with Gasteiger partial charge < -0.3 is 19.2 Å². The lowest BCUT2D eigenvalue weighted by atomic mass is 9.99. The van der Waals surface area contributed by atoms with E-state index in [9.17, 15) is 14.4 Å². The summed E-state index contributed by atoms with van der Waals surface area (Å²) in [5.41, 5.74) is 3.60. The molecular formula is C31H29Br2NO6. The number of benzene rings is 3. The van der Waals surface area contributed by atoms with Gasteiger partial charge in [0.1, 0.15) is 24.0 Å². The molecular weight excluding hydrogens is 642 g/mol. The van der Waals surface area contributed by atoms with Crippen molar-refractivity contribution in [3.8, 4) is 5.75 Å². The first-order valence-corrected chi connectivity index (χ1v) is 14.8. The van der Waals surface area contributed by atoms with Gasteiger partial charge in [-0.05, 0) is 48.6 Å². The molecule has 0 radical (unpaired) electrons. The third-order valence-corrected chi connectivity index (χ3v) is 8.68. The Bertz CT molecular complexity index is 1540. The summed E-state index contributed by atoms with van der Waals surface area (Å²) in [6.45, 7) is 3.65. The smallest absolute Gasteiger partial charge is 0.408 e. The van der Waals surface area contributed by atoms with Crippen LogP contribution >= 0.6 is 31.9 Å². The van der Waals surface area contributed by atoms with Crippen molar-refractivity contribution in [1.82, 2.24) is 5.32 Å². The van der Waals surface area contributed by atoms with E-state index >= 15 is 0 Å². The average Bonchev–Trinajstić information content (AvgIpc) is 2.95. The summed E-state index contributed by atoms with van der Waals surface area (Å²) in [4.78, 5) is 38.6. The van der Waals surface area contributed by atoms with E-state index in [1.165, 1.54) is 6.07 Å². The molecule has 1 amide bonds. The largest absolute Gasteiger partial charge is 0.445 e. The number of halogens is 2. The van der Waals surface area contributed by atoms with Gasteiger partial charge >= 0.3 is 17.7 Å². The van der Waals surface area contributed by atoms with Crippen LogP contribution in [0.1, 0.15) is 27.8 Å². The lowest BCUT2D eigenvalue weighted by molar-refractivity contribution is -0.136. The number of fused-ring (bicyclic) bond motifs is 1. The molecule has 208 valence electrons. The van der Waals surface area contributed by atoms with Gasteiger partial charge in [0.25, 0.3) is 0 Å². The Kier molecular flexibility index (Phi) is 10.2. The number of ether oxygens (including phenoxy) is 2. The van der Waals surface area contributed by atoms with Crippen molar-refractivity contribution in [3.63, 3.8) is 0 Å². The van der Waals surface area contributed by atoms with E-state index in [0.29, 0.717) is 28.6 Å². The molecule has 0 saturated carbocycles. The number of esters is 1. The number of rotatable bonds is 10. The van der Waals surface area contributed by atoms with Gasteiger partial charge in [-0.25, -0.2) is 14.4 Å². The highest BCUT2D eigenvalue weighted by Crippen LogP contribution is 2.34. The number of nitrogens with one attached hydrogen (secondary N) is 1. The number of amides is 1. The first-order chi connectivity index (χ1) is 19.2. The summed E-state index contributed by atoms with van der Waals surface area (Å²) in [5, 5.41) is 4.12. The highest BCUT2D eigenvalue weighted by Gasteiger charge is 2.27. The van der Waals surface area contributed by atoms with E-state index in [4.69, 9.17) is 13.9 Å². The zero-order chi connectivity index (χ0) is 28.6. The minimum absolute atomic E-state index is 0.0593. The second-order valence-electron chi connectivity index (χ2n) is 9.44. The first kappa shape index (κ1) is 29.6. The van der Waals surface area contributed by atoms with E-state index in [0.717, 1.165) is 27.6 Å². The van der Waals surface area contributed by atoms with Crippen molar-refractivity contribution in [2.24, 2.45) is 0 Å². The maximum absolute atomic E-state index is 13.7. The minimum Gasteiger partial charge on any atom is -0.445 e. The van der Waals surface area contributed by atoms with Crippen LogP contribution in [0, 0.1) is 13.8 Å². The number of carbonyl (C=O) groups excluding carboxylic acids is 2. The van der Waals surface area contributed by atoms with Crippen molar-refractivity contribution in [1.29, 1.82) is 0 Å². The molecule has 4 rings (SSSR count). The number of alkyl halides is 2. The van der Waals surface area contributed by atoms with Gasteiger partial charge in [-0.15, -0.1) is 0 Å². The van der Waals surface area contributed by atoms with E-state index in [1.807, 2.05) is 73.7 Å².